The molecule has 126 valence electrons. The molecule has 6 nitrogen and oxygen atoms in total. The summed E-state index contributed by atoms with van der Waals surface area (Å²) in [4.78, 5) is 13.8. The molecule has 2 aromatic carbocycles. The van der Waals surface area contributed by atoms with Crippen molar-refractivity contribution in [1.82, 2.24) is 0 Å². The van der Waals surface area contributed by atoms with E-state index in [4.69, 9.17) is 19.9 Å². The lowest BCUT2D eigenvalue weighted by molar-refractivity contribution is -0.121. The van der Waals surface area contributed by atoms with Crippen LogP contribution >= 0.6 is 0 Å². The number of carbonyl (C=O) groups is 1. The molecule has 0 aliphatic carbocycles. The molecule has 2 N–H and O–H groups in total. The van der Waals surface area contributed by atoms with Gasteiger partial charge in [-0.1, -0.05) is 0 Å². The molecular weight excluding hydrogens is 308 g/mol. The van der Waals surface area contributed by atoms with Gasteiger partial charge in [0.25, 0.3) is 5.91 Å². The Balaban J connectivity index is 1.56. The van der Waals surface area contributed by atoms with Crippen LogP contribution in [0.5, 0.6) is 17.2 Å². The number of nitrogen functional groups attached to an aromatic ring is 1. The summed E-state index contributed by atoms with van der Waals surface area (Å²) in [5, 5.41) is 0. The summed E-state index contributed by atoms with van der Waals surface area (Å²) in [5.41, 5.74) is 7.14. The van der Waals surface area contributed by atoms with Crippen LogP contribution in [0.4, 0.5) is 11.4 Å². The van der Waals surface area contributed by atoms with E-state index in [0.717, 1.165) is 17.2 Å². The second-order valence-corrected chi connectivity index (χ2v) is 5.44. The van der Waals surface area contributed by atoms with Crippen LogP contribution in [-0.2, 0) is 4.79 Å². The highest BCUT2D eigenvalue weighted by molar-refractivity contribution is 5.98. The third-order valence-electron chi connectivity index (χ3n) is 3.78. The number of fused-ring (bicyclic) bond motifs is 1. The maximum absolute atomic E-state index is 12.1. The smallest absolute Gasteiger partial charge is 0.265 e. The molecule has 2 aromatic rings. The lowest BCUT2D eigenvalue weighted by Crippen LogP contribution is -2.39. The molecule has 0 aromatic heterocycles. The van der Waals surface area contributed by atoms with Crippen molar-refractivity contribution in [2.45, 2.75) is 6.42 Å². The van der Waals surface area contributed by atoms with Crippen molar-refractivity contribution < 1.29 is 19.0 Å². The molecule has 0 bridgehead atoms. The fourth-order valence-electron chi connectivity index (χ4n) is 2.55. The van der Waals surface area contributed by atoms with Crippen LogP contribution in [-0.4, -0.2) is 32.8 Å². The first-order valence-corrected chi connectivity index (χ1v) is 7.77. The summed E-state index contributed by atoms with van der Waals surface area (Å²) in [5.74, 6) is 2.17. The number of carbonyl (C=O) groups excluding carboxylic acids is 1. The highest BCUT2D eigenvalue weighted by atomic mass is 16.5. The van der Waals surface area contributed by atoms with Gasteiger partial charge < -0.3 is 24.8 Å². The fourth-order valence-corrected chi connectivity index (χ4v) is 2.55. The molecule has 6 heteroatoms. The maximum Gasteiger partial charge on any atom is 0.265 e. The van der Waals surface area contributed by atoms with Gasteiger partial charge in [0.2, 0.25) is 0 Å². The van der Waals surface area contributed by atoms with Crippen molar-refractivity contribution in [2.75, 3.05) is 37.5 Å². The fraction of sp³-hybridized carbons (Fsp3) is 0.278. The van der Waals surface area contributed by atoms with Crippen LogP contribution in [0.1, 0.15) is 6.42 Å². The van der Waals surface area contributed by atoms with Gasteiger partial charge in [-0.15, -0.1) is 0 Å². The Labute approximate surface area is 140 Å². The van der Waals surface area contributed by atoms with Crippen LogP contribution in [0.2, 0.25) is 0 Å². The summed E-state index contributed by atoms with van der Waals surface area (Å²) < 4.78 is 16.2. The largest absolute Gasteiger partial charge is 0.497 e. The molecule has 0 atom stereocenters. The SMILES string of the molecule is COc1ccc(OCCCN2C(=O)COc3ccc(N)cc32)cc1. The monoisotopic (exact) mass is 328 g/mol. The van der Waals surface area contributed by atoms with Gasteiger partial charge in [0.1, 0.15) is 17.2 Å². The van der Waals surface area contributed by atoms with Crippen molar-refractivity contribution in [3.8, 4) is 17.2 Å². The van der Waals surface area contributed by atoms with Gasteiger partial charge in [-0.3, -0.25) is 4.79 Å². The minimum Gasteiger partial charge on any atom is -0.497 e. The quantitative estimate of drug-likeness (QED) is 0.651. The molecule has 1 aliphatic heterocycles. The lowest BCUT2D eigenvalue weighted by Gasteiger charge is -2.29. The van der Waals surface area contributed by atoms with E-state index in [1.54, 1.807) is 30.2 Å². The number of methoxy groups -OCH3 is 1. The summed E-state index contributed by atoms with van der Waals surface area (Å²) >= 11 is 0. The van der Waals surface area contributed by atoms with Crippen molar-refractivity contribution in [2.24, 2.45) is 0 Å². The molecule has 1 heterocycles. The summed E-state index contributed by atoms with van der Waals surface area (Å²) in [6.45, 7) is 1.11. The van der Waals surface area contributed by atoms with Gasteiger partial charge in [0.05, 0.1) is 19.4 Å². The topological polar surface area (TPSA) is 74.0 Å². The number of anilines is 2. The van der Waals surface area contributed by atoms with Gasteiger partial charge in [-0.25, -0.2) is 0 Å². The molecule has 0 unspecified atom stereocenters. The predicted molar refractivity (Wildman–Crippen MR) is 91.8 cm³/mol. The number of nitrogens with zero attached hydrogens (tertiary/aromatic N) is 1. The average Bonchev–Trinajstić information content (AvgIpc) is 2.60. The zero-order chi connectivity index (χ0) is 16.9. The highest BCUT2D eigenvalue weighted by Gasteiger charge is 2.25. The molecule has 0 radical (unpaired) electrons. The minimum absolute atomic E-state index is 0.0518. The van der Waals surface area contributed by atoms with Crippen molar-refractivity contribution in [3.63, 3.8) is 0 Å². The average molecular weight is 328 g/mol. The molecule has 0 spiro atoms. The number of hydrogen-bond donors (Lipinski definition) is 1. The van der Waals surface area contributed by atoms with Crippen molar-refractivity contribution in [1.29, 1.82) is 0 Å². The van der Waals surface area contributed by atoms with E-state index >= 15 is 0 Å². The van der Waals surface area contributed by atoms with Gasteiger partial charge in [0.15, 0.2) is 6.61 Å². The highest BCUT2D eigenvalue weighted by Crippen LogP contribution is 2.33. The lowest BCUT2D eigenvalue weighted by atomic mass is 10.2. The normalized spacial score (nSPS) is 13.2. The van der Waals surface area contributed by atoms with E-state index in [0.29, 0.717) is 31.0 Å². The van der Waals surface area contributed by atoms with E-state index in [9.17, 15) is 4.79 Å². The number of rotatable bonds is 6. The third kappa shape index (κ3) is 3.53. The number of ether oxygens (including phenoxy) is 3. The zero-order valence-corrected chi connectivity index (χ0v) is 13.5. The van der Waals surface area contributed by atoms with Gasteiger partial charge in [-0.05, 0) is 48.9 Å². The summed E-state index contributed by atoms with van der Waals surface area (Å²) in [6.07, 6.45) is 0.700. The standard InChI is InChI=1S/C18H20N2O4/c1-22-14-4-6-15(7-5-14)23-10-2-9-20-16-11-13(19)3-8-17(16)24-12-18(20)21/h3-8,11H,2,9-10,12,19H2,1H3. The Hall–Kier alpha value is -2.89. The first kappa shape index (κ1) is 16.0. The number of hydrogen-bond acceptors (Lipinski definition) is 5. The third-order valence-corrected chi connectivity index (χ3v) is 3.78. The second kappa shape index (κ2) is 7.12. The van der Waals surface area contributed by atoms with Crippen LogP contribution < -0.4 is 24.8 Å². The summed E-state index contributed by atoms with van der Waals surface area (Å²) in [7, 11) is 1.62. The minimum atomic E-state index is -0.0717. The van der Waals surface area contributed by atoms with E-state index in [2.05, 4.69) is 0 Å². The Bertz CT molecular complexity index is 715. The van der Waals surface area contributed by atoms with E-state index in [1.807, 2.05) is 24.3 Å². The molecule has 3 rings (SSSR count). The summed E-state index contributed by atoms with van der Waals surface area (Å²) in [6, 6.07) is 12.7. The molecule has 0 fully saturated rings. The Morgan fingerprint density at radius 1 is 1.17 bits per heavy atom. The number of nitrogens with two attached hydrogens (primary N) is 1. The van der Waals surface area contributed by atoms with E-state index in [1.165, 1.54) is 0 Å². The molecular formula is C18H20N2O4. The molecule has 24 heavy (non-hydrogen) atoms. The molecule has 0 saturated heterocycles. The zero-order valence-electron chi connectivity index (χ0n) is 13.5. The van der Waals surface area contributed by atoms with Crippen LogP contribution in [0, 0.1) is 0 Å². The predicted octanol–water partition coefficient (Wildman–Crippen LogP) is 2.47. The van der Waals surface area contributed by atoms with Gasteiger partial charge in [-0.2, -0.15) is 0 Å². The number of benzene rings is 2. The van der Waals surface area contributed by atoms with Crippen molar-refractivity contribution in [3.05, 3.63) is 42.5 Å². The van der Waals surface area contributed by atoms with E-state index in [-0.39, 0.29) is 12.5 Å². The van der Waals surface area contributed by atoms with Crippen LogP contribution in [0.25, 0.3) is 0 Å². The number of amides is 1. The Morgan fingerprint density at radius 3 is 2.67 bits per heavy atom. The maximum atomic E-state index is 12.1. The van der Waals surface area contributed by atoms with Crippen LogP contribution in [0.15, 0.2) is 42.5 Å². The van der Waals surface area contributed by atoms with Gasteiger partial charge in [0, 0.05) is 12.2 Å². The molecule has 1 amide bonds. The molecule has 1 aliphatic rings. The first-order valence-electron chi connectivity index (χ1n) is 7.77. The van der Waals surface area contributed by atoms with E-state index < -0.39 is 0 Å². The first-order chi connectivity index (χ1) is 11.7. The van der Waals surface area contributed by atoms with Crippen molar-refractivity contribution >= 4 is 17.3 Å². The Kier molecular flexibility index (Phi) is 4.74. The second-order valence-electron chi connectivity index (χ2n) is 5.44. The molecule has 0 saturated carbocycles. The van der Waals surface area contributed by atoms with Crippen LogP contribution in [0.3, 0.4) is 0 Å². The Morgan fingerprint density at radius 2 is 1.92 bits per heavy atom. The van der Waals surface area contributed by atoms with Gasteiger partial charge >= 0.3 is 0 Å².